The summed E-state index contributed by atoms with van der Waals surface area (Å²) in [7, 11) is 0. The Bertz CT molecular complexity index is 1870. The second-order valence-corrected chi connectivity index (χ2v) is 21.3. The molecule has 0 aliphatic rings. The summed E-state index contributed by atoms with van der Waals surface area (Å²) in [6.07, 6.45) is 101. The highest BCUT2D eigenvalue weighted by Gasteiger charge is 2.19. The van der Waals surface area contributed by atoms with Crippen LogP contribution in [0.1, 0.15) is 271 Å². The van der Waals surface area contributed by atoms with E-state index in [9.17, 15) is 14.4 Å². The third-order valence-electron chi connectivity index (χ3n) is 13.4. The van der Waals surface area contributed by atoms with Gasteiger partial charge in [-0.2, -0.15) is 0 Å². The van der Waals surface area contributed by atoms with E-state index >= 15 is 0 Å². The Balaban J connectivity index is 4.53. The number of rotatable bonds is 58. The van der Waals surface area contributed by atoms with Crippen molar-refractivity contribution in [1.29, 1.82) is 0 Å². The maximum atomic E-state index is 12.9. The molecule has 0 fully saturated rings. The Morgan fingerprint density at radius 2 is 0.476 bits per heavy atom. The van der Waals surface area contributed by atoms with Crippen LogP contribution in [0.5, 0.6) is 0 Å². The van der Waals surface area contributed by atoms with Gasteiger partial charge in [0, 0.05) is 19.3 Å². The van der Waals surface area contributed by atoms with Gasteiger partial charge in [0.2, 0.25) is 0 Å². The maximum Gasteiger partial charge on any atom is 0.306 e. The van der Waals surface area contributed by atoms with Gasteiger partial charge in [-0.25, -0.2) is 0 Å². The molecule has 0 bridgehead atoms. The zero-order valence-electron chi connectivity index (χ0n) is 52.7. The first kappa shape index (κ1) is 76.8. The van der Waals surface area contributed by atoms with Gasteiger partial charge in [-0.3, -0.25) is 14.4 Å². The van der Waals surface area contributed by atoms with Crippen LogP contribution in [0, 0.1) is 0 Å². The first-order chi connectivity index (χ1) is 40.5. The molecule has 1 unspecified atom stereocenters. The number of esters is 3. The number of carbonyl (C=O) groups is 3. The quantitative estimate of drug-likeness (QED) is 0.0261. The summed E-state index contributed by atoms with van der Waals surface area (Å²) in [5, 5.41) is 0. The van der Waals surface area contributed by atoms with Crippen molar-refractivity contribution in [2.24, 2.45) is 0 Å². The first-order valence-electron chi connectivity index (χ1n) is 33.1. The molecule has 0 aliphatic heterocycles. The number of hydrogen-bond acceptors (Lipinski definition) is 6. The zero-order chi connectivity index (χ0) is 59.2. The molecule has 82 heavy (non-hydrogen) atoms. The van der Waals surface area contributed by atoms with Gasteiger partial charge in [0.05, 0.1) is 0 Å². The predicted molar refractivity (Wildman–Crippen MR) is 357 cm³/mol. The number of allylic oxidation sites excluding steroid dienone is 28. The van der Waals surface area contributed by atoms with Crippen molar-refractivity contribution >= 4 is 17.9 Å². The minimum absolute atomic E-state index is 0.110. The molecule has 0 heterocycles. The lowest BCUT2D eigenvalue weighted by Crippen LogP contribution is -2.30. The third kappa shape index (κ3) is 65.6. The van der Waals surface area contributed by atoms with Crippen molar-refractivity contribution in [3.05, 3.63) is 170 Å². The summed E-state index contributed by atoms with van der Waals surface area (Å²) in [5.41, 5.74) is 0. The standard InChI is InChI=1S/C76H120O6/c1-4-7-10-13-16-19-22-25-28-31-34-35-36-37-38-39-40-41-43-45-48-51-54-57-60-63-66-69-75(78)81-72-73(71-80-74(77)68-65-62-59-56-53-50-47-44-33-30-27-24-21-18-15-12-9-6-3)82-76(79)70-67-64-61-58-55-52-49-46-42-32-29-26-23-20-17-14-11-8-5-2/h7-8,10-11,16-17,19-21,24-26,28-30,33-35,37-38,40-42,45-46,48,54,57,73H,4-6,9,12-15,18,22-23,27,31-32,36,39,43-44,47,49-53,55-56,58-72H2,1-3H3/b10-7-,11-8-,19-16-,20-17-,24-21-,28-25-,29-26-,33-30-,35-34-,38-37-,41-40-,46-42-,48-45-,57-54-. The van der Waals surface area contributed by atoms with Crippen molar-refractivity contribution in [2.75, 3.05) is 13.2 Å². The van der Waals surface area contributed by atoms with Crippen molar-refractivity contribution in [2.45, 2.75) is 277 Å². The van der Waals surface area contributed by atoms with Gasteiger partial charge in [-0.15, -0.1) is 0 Å². The predicted octanol–water partition coefficient (Wildman–Crippen LogP) is 23.0. The van der Waals surface area contributed by atoms with E-state index < -0.39 is 6.10 Å². The summed E-state index contributed by atoms with van der Waals surface area (Å²) >= 11 is 0. The van der Waals surface area contributed by atoms with Crippen molar-refractivity contribution in [1.82, 2.24) is 0 Å². The molecule has 0 aromatic carbocycles. The zero-order valence-corrected chi connectivity index (χ0v) is 52.7. The number of carbonyl (C=O) groups excluding carboxylic acids is 3. The largest absolute Gasteiger partial charge is 0.462 e. The lowest BCUT2D eigenvalue weighted by molar-refractivity contribution is -0.167. The third-order valence-corrected chi connectivity index (χ3v) is 13.4. The van der Waals surface area contributed by atoms with Crippen LogP contribution in [0.15, 0.2) is 170 Å². The van der Waals surface area contributed by atoms with Gasteiger partial charge in [0.25, 0.3) is 0 Å². The van der Waals surface area contributed by atoms with E-state index in [1.807, 2.05) is 0 Å². The molecule has 0 aliphatic carbocycles. The number of unbranched alkanes of at least 4 members (excludes halogenated alkanes) is 19. The van der Waals surface area contributed by atoms with Crippen LogP contribution < -0.4 is 0 Å². The molecule has 0 saturated heterocycles. The van der Waals surface area contributed by atoms with E-state index in [1.165, 1.54) is 70.6 Å². The van der Waals surface area contributed by atoms with E-state index in [2.05, 4.69) is 191 Å². The molecule has 6 nitrogen and oxygen atoms in total. The fourth-order valence-corrected chi connectivity index (χ4v) is 8.54. The SMILES string of the molecule is CC/C=C\C/C=C\C/C=C\C/C=C\C/C=C\C/C=C\C/C=C\C/C=C\CCCCC(=O)OCC(COC(=O)CCCCCCCCC/C=C\C/C=C\CCCCCC)OC(=O)CCCCCCCC/C=C\C/C=C\C/C=C\C/C=C\CC. The average Bonchev–Trinajstić information content (AvgIpc) is 3.47. The van der Waals surface area contributed by atoms with Crippen LogP contribution in [0.25, 0.3) is 0 Å². The van der Waals surface area contributed by atoms with Crippen LogP contribution in [0.4, 0.5) is 0 Å². The molecule has 460 valence electrons. The Morgan fingerprint density at radius 1 is 0.256 bits per heavy atom. The fourth-order valence-electron chi connectivity index (χ4n) is 8.54. The molecule has 0 aromatic rings. The van der Waals surface area contributed by atoms with Crippen LogP contribution in [0.2, 0.25) is 0 Å². The van der Waals surface area contributed by atoms with Crippen molar-refractivity contribution in [3.8, 4) is 0 Å². The summed E-state index contributed by atoms with van der Waals surface area (Å²) in [4.78, 5) is 38.4. The monoisotopic (exact) mass is 1130 g/mol. The minimum atomic E-state index is -0.819. The molecular weight excluding hydrogens is 1010 g/mol. The molecule has 1 atom stereocenters. The second kappa shape index (κ2) is 68.3. The van der Waals surface area contributed by atoms with Gasteiger partial charge in [0.1, 0.15) is 13.2 Å². The van der Waals surface area contributed by atoms with E-state index in [1.54, 1.807) is 0 Å². The van der Waals surface area contributed by atoms with Gasteiger partial charge in [-0.05, 0) is 154 Å². The van der Waals surface area contributed by atoms with E-state index in [0.717, 1.165) is 154 Å². The average molecular weight is 1130 g/mol. The Labute approximate surface area is 504 Å². The maximum absolute atomic E-state index is 12.9. The molecule has 0 N–H and O–H groups in total. The molecule has 0 amide bonds. The summed E-state index contributed by atoms with van der Waals surface area (Å²) < 4.78 is 16.9. The Morgan fingerprint density at radius 3 is 0.768 bits per heavy atom. The highest BCUT2D eigenvalue weighted by molar-refractivity contribution is 5.71. The van der Waals surface area contributed by atoms with Gasteiger partial charge in [0.15, 0.2) is 6.10 Å². The summed E-state index contributed by atoms with van der Waals surface area (Å²) in [6.45, 7) is 6.34. The lowest BCUT2D eigenvalue weighted by Gasteiger charge is -2.18. The minimum Gasteiger partial charge on any atom is -0.462 e. The second-order valence-electron chi connectivity index (χ2n) is 21.3. The first-order valence-corrected chi connectivity index (χ1v) is 33.1. The van der Waals surface area contributed by atoms with E-state index in [4.69, 9.17) is 14.2 Å². The molecule has 0 rings (SSSR count). The van der Waals surface area contributed by atoms with Crippen molar-refractivity contribution < 1.29 is 28.6 Å². The van der Waals surface area contributed by atoms with Gasteiger partial charge < -0.3 is 14.2 Å². The summed E-state index contributed by atoms with van der Waals surface area (Å²) in [5.74, 6) is -0.979. The highest BCUT2D eigenvalue weighted by Crippen LogP contribution is 2.14. The van der Waals surface area contributed by atoms with Crippen LogP contribution in [-0.4, -0.2) is 37.2 Å². The fraction of sp³-hybridized carbons (Fsp3) is 0.592. The normalized spacial score (nSPS) is 13.3. The molecule has 0 spiro atoms. The van der Waals surface area contributed by atoms with Crippen LogP contribution in [-0.2, 0) is 28.6 Å². The van der Waals surface area contributed by atoms with E-state index in [-0.39, 0.29) is 37.5 Å². The topological polar surface area (TPSA) is 78.9 Å². The van der Waals surface area contributed by atoms with E-state index in [0.29, 0.717) is 19.3 Å². The lowest BCUT2D eigenvalue weighted by atomic mass is 10.1. The van der Waals surface area contributed by atoms with Gasteiger partial charge >= 0.3 is 17.9 Å². The molecule has 0 radical (unpaired) electrons. The molecule has 6 heteroatoms. The smallest absolute Gasteiger partial charge is 0.306 e. The molecule has 0 aromatic heterocycles. The van der Waals surface area contributed by atoms with Gasteiger partial charge in [-0.1, -0.05) is 268 Å². The molecular formula is C76H120O6. The molecule has 0 saturated carbocycles. The highest BCUT2D eigenvalue weighted by atomic mass is 16.6. The van der Waals surface area contributed by atoms with Crippen LogP contribution >= 0.6 is 0 Å². The Kier molecular flexibility index (Phi) is 63.9. The number of ether oxygens (including phenoxy) is 3. The summed E-state index contributed by atoms with van der Waals surface area (Å²) in [6, 6.07) is 0. The van der Waals surface area contributed by atoms with Crippen LogP contribution in [0.3, 0.4) is 0 Å². The van der Waals surface area contributed by atoms with Crippen molar-refractivity contribution in [3.63, 3.8) is 0 Å². The number of hydrogen-bond donors (Lipinski definition) is 0. The Hall–Kier alpha value is -5.23.